The summed E-state index contributed by atoms with van der Waals surface area (Å²) < 4.78 is 10.4. The molecule has 86 heavy (non-hydrogen) atoms. The van der Waals surface area contributed by atoms with Crippen LogP contribution in [0.4, 0.5) is 26.8 Å². The third-order valence-electron chi connectivity index (χ3n) is 11.6. The van der Waals surface area contributed by atoms with Gasteiger partial charge in [-0.15, -0.1) is 34.0 Å². The molecule has 13 nitrogen and oxygen atoms in total. The summed E-state index contributed by atoms with van der Waals surface area (Å²) in [6, 6.07) is 37.6. The smallest absolute Gasteiger partial charge is 0.870 e. The van der Waals surface area contributed by atoms with Crippen LogP contribution in [0.3, 0.4) is 0 Å². The van der Waals surface area contributed by atoms with Gasteiger partial charge in [-0.25, -0.2) is 29.3 Å². The van der Waals surface area contributed by atoms with Crippen LogP contribution in [-0.4, -0.2) is 57.7 Å². The molecule has 0 bridgehead atoms. The Balaban J connectivity index is 0.000000255. The molecule has 0 fully saturated rings. The molecular formula is C62H60Cl6ILiN6O7S3. The molecule has 9 rings (SSSR count). The molecule has 0 atom stereocenters. The predicted octanol–water partition coefficient (Wildman–Crippen LogP) is 17.4. The van der Waals surface area contributed by atoms with Gasteiger partial charge in [0, 0.05) is 46.3 Å². The molecule has 24 heteroatoms. The van der Waals surface area contributed by atoms with Crippen LogP contribution < -0.4 is 35.2 Å². The second-order valence-corrected chi connectivity index (χ2v) is 26.8. The van der Waals surface area contributed by atoms with Gasteiger partial charge in [0.2, 0.25) is 0 Å². The molecule has 3 heterocycles. The zero-order valence-corrected chi connectivity index (χ0v) is 57.3. The van der Waals surface area contributed by atoms with Gasteiger partial charge in [-0.3, -0.25) is 0 Å². The van der Waals surface area contributed by atoms with Crippen LogP contribution in [0.25, 0.3) is 33.8 Å². The van der Waals surface area contributed by atoms with Crippen molar-refractivity contribution < 1.29 is 53.3 Å². The van der Waals surface area contributed by atoms with Crippen molar-refractivity contribution in [1.29, 1.82) is 0 Å². The Bertz CT molecular complexity index is 3750. The molecule has 3 aromatic heterocycles. The largest absolute Gasteiger partial charge is 1.00 e. The number of carbonyl (C=O) groups excluding carboxylic acids is 2. The topological polar surface area (TPSA) is 209 Å². The van der Waals surface area contributed by atoms with Crippen LogP contribution >= 0.6 is 126 Å². The standard InChI is InChI=1S/C21H20Cl2N2O2S.C20H18Cl2N2O2S.C13H14Cl2N2S.C8H7IO2.Li.H2O/c1-12(2)9-18-19(13-7-8-16(22)17(23)11-13)25-21(28-18)24-15-6-4-5-14(10-15)20(26)27-3;1-11(2)8-17-18(12-6-7-15(21)16(22)10-12)24-20(27-17)23-14-5-3-4-13(9-14)19(25)26;1-7(2)5-11-12(17-13(16)18-11)8-3-4-9(14)10(15)6-8;1-11-8(10)6-3-2-4-7(9)5-6;;/h4-8,10-12H,9H2,1-3H3,(H,24,25);3-7,9-11H,8H2,1-2H3,(H,23,24)(H,25,26);3-4,6-7H,5H2,1-2H3,(H2,16,17);2-5H,1H3;;1H2/q;;;;+1;/p-1. The number of esters is 2. The van der Waals surface area contributed by atoms with Gasteiger partial charge in [0.1, 0.15) is 0 Å². The maximum absolute atomic E-state index is 11.8. The summed E-state index contributed by atoms with van der Waals surface area (Å²) in [5, 5.41) is 20.8. The predicted molar refractivity (Wildman–Crippen MR) is 363 cm³/mol. The molecule has 0 aliphatic rings. The van der Waals surface area contributed by atoms with Gasteiger partial charge in [-0.1, -0.05) is 148 Å². The fourth-order valence-corrected chi connectivity index (χ4v) is 12.8. The molecule has 9 aromatic rings. The summed E-state index contributed by atoms with van der Waals surface area (Å²) in [7, 11) is 2.74. The number of carbonyl (C=O) groups is 3. The second kappa shape index (κ2) is 35.3. The normalized spacial score (nSPS) is 10.5. The number of aromatic carboxylic acids is 1. The number of nitrogens with zero attached hydrogens (tertiary/aromatic N) is 3. The van der Waals surface area contributed by atoms with Gasteiger partial charge >= 0.3 is 36.8 Å². The van der Waals surface area contributed by atoms with Crippen molar-refractivity contribution >= 4 is 171 Å². The molecular weight excluding hydrogens is 1380 g/mol. The van der Waals surface area contributed by atoms with Gasteiger partial charge in [0.05, 0.1) is 78.1 Å². The van der Waals surface area contributed by atoms with E-state index in [1.807, 2.05) is 60.7 Å². The first kappa shape index (κ1) is 73.5. The van der Waals surface area contributed by atoms with Gasteiger partial charge < -0.3 is 36.4 Å². The Morgan fingerprint density at radius 1 is 0.512 bits per heavy atom. The number of hydrogen-bond acceptors (Lipinski definition) is 15. The molecule has 0 spiro atoms. The fraction of sp³-hybridized carbons (Fsp3) is 0.226. The van der Waals surface area contributed by atoms with E-state index in [1.165, 1.54) is 35.3 Å². The Kier molecular flexibility index (Phi) is 30.2. The number of rotatable bonds is 16. The molecule has 6 aromatic carbocycles. The van der Waals surface area contributed by atoms with Gasteiger partial charge in [0.15, 0.2) is 15.4 Å². The van der Waals surface area contributed by atoms with E-state index in [0.717, 1.165) is 72.3 Å². The van der Waals surface area contributed by atoms with Crippen molar-refractivity contribution in [1.82, 2.24) is 15.0 Å². The average molecular weight is 1440 g/mol. The van der Waals surface area contributed by atoms with E-state index in [0.29, 0.717) is 75.0 Å². The summed E-state index contributed by atoms with van der Waals surface area (Å²) in [4.78, 5) is 51.3. The number of aromatic nitrogens is 3. The number of anilines is 5. The molecule has 0 aliphatic heterocycles. The first-order valence-corrected chi connectivity index (χ1v) is 31.7. The number of nitrogens with two attached hydrogens (primary N) is 1. The number of carboxylic acids is 1. The van der Waals surface area contributed by atoms with Crippen LogP contribution in [0.2, 0.25) is 30.1 Å². The van der Waals surface area contributed by atoms with Crippen LogP contribution in [-0.2, 0) is 28.7 Å². The van der Waals surface area contributed by atoms with Crippen molar-refractivity contribution in [3.05, 3.63) is 192 Å². The summed E-state index contributed by atoms with van der Waals surface area (Å²) in [5.74, 6) is -0.114. The summed E-state index contributed by atoms with van der Waals surface area (Å²) in [6.07, 6.45) is 2.74. The maximum atomic E-state index is 11.8. The van der Waals surface area contributed by atoms with Crippen molar-refractivity contribution in [2.45, 2.75) is 60.8 Å². The van der Waals surface area contributed by atoms with Crippen LogP contribution in [0.5, 0.6) is 0 Å². The zero-order chi connectivity index (χ0) is 61.4. The molecule has 0 aliphatic carbocycles. The SMILES string of the molecule is CC(C)Cc1sc(N)nc1-c1ccc(Cl)c(Cl)c1.CC(C)Cc1sc(Nc2cccc(C(=O)O)c2)nc1-c1ccc(Cl)c(Cl)c1.COC(=O)c1cccc(I)c1.COC(=O)c1cccc(Nc2nc(-c3ccc(Cl)c(Cl)c3)c(CC(C)C)s2)c1.[Li+].[OH-]. The van der Waals surface area contributed by atoms with Gasteiger partial charge in [-0.05, 0) is 151 Å². The van der Waals surface area contributed by atoms with Crippen LogP contribution in [0.15, 0.2) is 127 Å². The van der Waals surface area contributed by atoms with Crippen molar-refractivity contribution in [2.24, 2.45) is 17.8 Å². The number of hydrogen-bond donors (Lipinski definition) is 4. The second-order valence-electron chi connectivity index (χ2n) is 19.8. The molecule has 0 saturated heterocycles. The Labute approximate surface area is 568 Å². The maximum Gasteiger partial charge on any atom is 1.00 e. The van der Waals surface area contributed by atoms with E-state index in [1.54, 1.807) is 89.4 Å². The van der Waals surface area contributed by atoms with Crippen molar-refractivity contribution in [3.8, 4) is 33.8 Å². The van der Waals surface area contributed by atoms with Crippen molar-refractivity contribution in [3.63, 3.8) is 0 Å². The minimum atomic E-state index is -0.963. The molecule has 0 saturated carbocycles. The van der Waals surface area contributed by atoms with E-state index in [9.17, 15) is 14.4 Å². The van der Waals surface area contributed by atoms with E-state index in [4.69, 9.17) is 95.2 Å². The quantitative estimate of drug-likeness (QED) is 0.0404. The van der Waals surface area contributed by atoms with E-state index in [2.05, 4.69) is 84.5 Å². The average Bonchev–Trinajstić information content (AvgIpc) is 2.34. The number of methoxy groups -OCH3 is 2. The molecule has 6 N–H and O–H groups in total. The summed E-state index contributed by atoms with van der Waals surface area (Å²) in [5.41, 5.74) is 14.0. The van der Waals surface area contributed by atoms with E-state index >= 15 is 0 Å². The zero-order valence-electron chi connectivity index (χ0n) is 48.2. The first-order chi connectivity index (χ1) is 39.9. The summed E-state index contributed by atoms with van der Waals surface area (Å²) in [6.45, 7) is 13.0. The molecule has 0 unspecified atom stereocenters. The third-order valence-corrected chi connectivity index (χ3v) is 17.4. The number of carboxylic acid groups (broad SMARTS) is 1. The van der Waals surface area contributed by atoms with Gasteiger partial charge in [-0.2, -0.15) is 0 Å². The third kappa shape index (κ3) is 22.0. The number of halogens is 7. The van der Waals surface area contributed by atoms with E-state index in [-0.39, 0.29) is 41.8 Å². The van der Waals surface area contributed by atoms with Crippen LogP contribution in [0, 0.1) is 21.3 Å². The summed E-state index contributed by atoms with van der Waals surface area (Å²) >= 11 is 43.3. The number of thiazole rings is 3. The minimum absolute atomic E-state index is 0. The Morgan fingerprint density at radius 3 is 1.22 bits per heavy atom. The number of nitrogen functional groups attached to an aromatic ring is 1. The Hall–Kier alpha value is -4.95. The first-order valence-electron chi connectivity index (χ1n) is 25.9. The molecule has 0 radical (unpaired) electrons. The number of ether oxygens (including phenoxy) is 2. The van der Waals surface area contributed by atoms with Crippen LogP contribution in [0.1, 0.15) is 87.2 Å². The Morgan fingerprint density at radius 2 is 0.860 bits per heavy atom. The molecule has 0 amide bonds. The number of nitrogens with one attached hydrogen (secondary N) is 2. The molecule has 448 valence electrons. The fourth-order valence-electron chi connectivity index (χ4n) is 7.87. The van der Waals surface area contributed by atoms with Gasteiger partial charge in [0.25, 0.3) is 0 Å². The minimum Gasteiger partial charge on any atom is -0.870 e. The van der Waals surface area contributed by atoms with E-state index < -0.39 is 5.97 Å². The number of benzene rings is 6. The van der Waals surface area contributed by atoms with Crippen molar-refractivity contribution in [2.75, 3.05) is 30.6 Å². The monoisotopic (exact) mass is 1440 g/mol.